The Hall–Kier alpha value is -2.82. The molecule has 2 rings (SSSR count). The van der Waals surface area contributed by atoms with Gasteiger partial charge in [0.05, 0.1) is 19.1 Å². The predicted octanol–water partition coefficient (Wildman–Crippen LogP) is 4.19. The number of aryl methyl sites for hydroxylation is 2. The van der Waals surface area contributed by atoms with Crippen LogP contribution in [0.4, 0.5) is 5.69 Å². The minimum atomic E-state index is -0.0716. The number of Topliss-reactive ketones (excluding diaryl/α,β-unsaturated/α-hetero) is 1. The Kier molecular flexibility index (Phi) is 6.78. The van der Waals surface area contributed by atoms with Gasteiger partial charge in [0.2, 0.25) is 0 Å². The lowest BCUT2D eigenvalue weighted by Crippen LogP contribution is -2.14. The normalized spacial score (nSPS) is 10.8. The fourth-order valence-electron chi connectivity index (χ4n) is 2.44. The van der Waals surface area contributed by atoms with Gasteiger partial charge in [-0.2, -0.15) is 0 Å². The second-order valence-electron chi connectivity index (χ2n) is 6.13. The van der Waals surface area contributed by atoms with E-state index in [1.807, 2.05) is 50.1 Å². The lowest BCUT2D eigenvalue weighted by atomic mass is 10.0. The van der Waals surface area contributed by atoms with E-state index in [0.29, 0.717) is 17.1 Å². The third-order valence-electron chi connectivity index (χ3n) is 4.16. The molecule has 0 radical (unpaired) electrons. The van der Waals surface area contributed by atoms with Crippen molar-refractivity contribution in [2.75, 3.05) is 27.3 Å². The van der Waals surface area contributed by atoms with Crippen LogP contribution in [0.15, 0.2) is 41.4 Å². The minimum absolute atomic E-state index is 0.0398. The molecule has 0 aliphatic rings. The van der Waals surface area contributed by atoms with Gasteiger partial charge in [0.25, 0.3) is 0 Å². The highest BCUT2D eigenvalue weighted by molar-refractivity contribution is 5.99. The SMILES string of the molecule is CCN(C)C=Nc1cc(C)c(C(=O)COc2ccccc2OC)cc1C. The Balaban J connectivity index is 2.14. The van der Waals surface area contributed by atoms with E-state index in [2.05, 4.69) is 11.9 Å². The number of methoxy groups -OCH3 is 1. The maximum atomic E-state index is 12.6. The van der Waals surface area contributed by atoms with Gasteiger partial charge in [-0.25, -0.2) is 4.99 Å². The van der Waals surface area contributed by atoms with Crippen LogP contribution in [0.1, 0.15) is 28.4 Å². The number of para-hydroxylation sites is 2. The third kappa shape index (κ3) is 4.85. The largest absolute Gasteiger partial charge is 0.493 e. The van der Waals surface area contributed by atoms with Gasteiger partial charge in [-0.15, -0.1) is 0 Å². The molecule has 0 atom stereocenters. The summed E-state index contributed by atoms with van der Waals surface area (Å²) in [4.78, 5) is 19.1. The second-order valence-corrected chi connectivity index (χ2v) is 6.13. The molecule has 0 aliphatic heterocycles. The molecule has 2 aromatic rings. The zero-order chi connectivity index (χ0) is 19.1. The van der Waals surface area contributed by atoms with Crippen LogP contribution in [0, 0.1) is 13.8 Å². The molecular formula is C21H26N2O3. The highest BCUT2D eigenvalue weighted by Gasteiger charge is 2.13. The van der Waals surface area contributed by atoms with Crippen LogP contribution in [0.3, 0.4) is 0 Å². The van der Waals surface area contributed by atoms with E-state index in [1.165, 1.54) is 0 Å². The van der Waals surface area contributed by atoms with Gasteiger partial charge < -0.3 is 14.4 Å². The number of benzene rings is 2. The summed E-state index contributed by atoms with van der Waals surface area (Å²) < 4.78 is 10.9. The number of ketones is 1. The number of hydrogen-bond donors (Lipinski definition) is 0. The van der Waals surface area contributed by atoms with Crippen LogP contribution in [0.5, 0.6) is 11.5 Å². The van der Waals surface area contributed by atoms with Gasteiger partial charge in [0.15, 0.2) is 23.9 Å². The number of rotatable bonds is 8. The summed E-state index contributed by atoms with van der Waals surface area (Å²) in [5.41, 5.74) is 3.36. The molecule has 26 heavy (non-hydrogen) atoms. The molecule has 0 amide bonds. The Labute approximate surface area is 155 Å². The van der Waals surface area contributed by atoms with Gasteiger partial charge >= 0.3 is 0 Å². The summed E-state index contributed by atoms with van der Waals surface area (Å²) in [5, 5.41) is 0. The summed E-state index contributed by atoms with van der Waals surface area (Å²) in [6, 6.07) is 11.1. The van der Waals surface area contributed by atoms with E-state index in [1.54, 1.807) is 25.6 Å². The van der Waals surface area contributed by atoms with Crippen molar-refractivity contribution in [1.82, 2.24) is 4.90 Å². The number of aliphatic imine (C=N–C) groups is 1. The van der Waals surface area contributed by atoms with Gasteiger partial charge in [0.1, 0.15) is 0 Å². The first-order chi connectivity index (χ1) is 12.5. The first-order valence-corrected chi connectivity index (χ1v) is 8.61. The van der Waals surface area contributed by atoms with Crippen molar-refractivity contribution in [3.8, 4) is 11.5 Å². The molecule has 0 heterocycles. The molecule has 0 aliphatic carbocycles. The molecule has 0 aromatic heterocycles. The molecule has 0 saturated carbocycles. The number of hydrogen-bond acceptors (Lipinski definition) is 4. The average molecular weight is 354 g/mol. The second kappa shape index (κ2) is 9.04. The first-order valence-electron chi connectivity index (χ1n) is 8.61. The van der Waals surface area contributed by atoms with E-state index in [0.717, 1.165) is 23.4 Å². The molecule has 0 spiro atoms. The minimum Gasteiger partial charge on any atom is -0.493 e. The highest BCUT2D eigenvalue weighted by atomic mass is 16.5. The smallest absolute Gasteiger partial charge is 0.200 e. The van der Waals surface area contributed by atoms with Crippen molar-refractivity contribution >= 4 is 17.8 Å². The number of nitrogens with zero attached hydrogens (tertiary/aromatic N) is 2. The Bertz CT molecular complexity index is 800. The quantitative estimate of drug-likeness (QED) is 0.405. The molecule has 0 N–H and O–H groups in total. The predicted molar refractivity (Wildman–Crippen MR) is 105 cm³/mol. The van der Waals surface area contributed by atoms with Crippen LogP contribution in [-0.4, -0.2) is 44.3 Å². The number of ether oxygens (including phenoxy) is 2. The zero-order valence-electron chi connectivity index (χ0n) is 16.1. The van der Waals surface area contributed by atoms with Crippen molar-refractivity contribution in [3.05, 3.63) is 53.1 Å². The average Bonchev–Trinajstić information content (AvgIpc) is 2.66. The molecule has 5 heteroatoms. The lowest BCUT2D eigenvalue weighted by molar-refractivity contribution is 0.0919. The highest BCUT2D eigenvalue weighted by Crippen LogP contribution is 2.27. The Morgan fingerprint density at radius 2 is 1.85 bits per heavy atom. The maximum Gasteiger partial charge on any atom is 0.200 e. The monoisotopic (exact) mass is 354 g/mol. The van der Waals surface area contributed by atoms with Crippen LogP contribution in [0.2, 0.25) is 0 Å². The molecule has 0 bridgehead atoms. The fourth-order valence-corrected chi connectivity index (χ4v) is 2.44. The van der Waals surface area contributed by atoms with E-state index < -0.39 is 0 Å². The van der Waals surface area contributed by atoms with E-state index >= 15 is 0 Å². The first kappa shape index (κ1) is 19.5. The number of carbonyl (C=O) groups excluding carboxylic acids is 1. The van der Waals surface area contributed by atoms with Crippen molar-refractivity contribution in [3.63, 3.8) is 0 Å². The van der Waals surface area contributed by atoms with E-state index in [4.69, 9.17) is 9.47 Å². The Morgan fingerprint density at radius 1 is 1.15 bits per heavy atom. The topological polar surface area (TPSA) is 51.1 Å². The molecule has 0 unspecified atom stereocenters. The molecule has 2 aromatic carbocycles. The van der Waals surface area contributed by atoms with Crippen molar-refractivity contribution in [2.45, 2.75) is 20.8 Å². The third-order valence-corrected chi connectivity index (χ3v) is 4.16. The van der Waals surface area contributed by atoms with Crippen molar-refractivity contribution in [1.29, 1.82) is 0 Å². The van der Waals surface area contributed by atoms with Crippen molar-refractivity contribution < 1.29 is 14.3 Å². The molecule has 5 nitrogen and oxygen atoms in total. The van der Waals surface area contributed by atoms with E-state index in [-0.39, 0.29) is 12.4 Å². The van der Waals surface area contributed by atoms with Gasteiger partial charge in [-0.05, 0) is 56.2 Å². The summed E-state index contributed by atoms with van der Waals surface area (Å²) in [7, 11) is 3.55. The summed E-state index contributed by atoms with van der Waals surface area (Å²) >= 11 is 0. The molecule has 138 valence electrons. The fraction of sp³-hybridized carbons (Fsp3) is 0.333. The maximum absolute atomic E-state index is 12.6. The lowest BCUT2D eigenvalue weighted by Gasteiger charge is -2.13. The summed E-state index contributed by atoms with van der Waals surface area (Å²) in [6.45, 7) is 6.78. The Morgan fingerprint density at radius 3 is 2.50 bits per heavy atom. The summed E-state index contributed by atoms with van der Waals surface area (Å²) in [5.74, 6) is 1.09. The van der Waals surface area contributed by atoms with Crippen LogP contribution in [-0.2, 0) is 0 Å². The molecular weight excluding hydrogens is 328 g/mol. The number of carbonyl (C=O) groups is 1. The molecule has 0 saturated heterocycles. The standard InChI is InChI=1S/C21H26N2O3/c1-6-23(4)14-22-18-12-15(2)17(11-16(18)3)19(24)13-26-21-10-8-7-9-20(21)25-5/h7-12,14H,6,13H2,1-5H3. The molecule has 0 fully saturated rings. The van der Waals surface area contributed by atoms with E-state index in [9.17, 15) is 4.79 Å². The van der Waals surface area contributed by atoms with Gasteiger partial charge in [0, 0.05) is 19.2 Å². The van der Waals surface area contributed by atoms with Crippen LogP contribution < -0.4 is 9.47 Å². The van der Waals surface area contributed by atoms with Crippen LogP contribution in [0.25, 0.3) is 0 Å². The van der Waals surface area contributed by atoms with Gasteiger partial charge in [-0.1, -0.05) is 12.1 Å². The van der Waals surface area contributed by atoms with Crippen molar-refractivity contribution in [2.24, 2.45) is 4.99 Å². The van der Waals surface area contributed by atoms with Gasteiger partial charge in [-0.3, -0.25) is 4.79 Å². The zero-order valence-corrected chi connectivity index (χ0v) is 16.1. The van der Waals surface area contributed by atoms with Crippen LogP contribution >= 0.6 is 0 Å². The summed E-state index contributed by atoms with van der Waals surface area (Å²) in [6.07, 6.45) is 1.80.